The third kappa shape index (κ3) is 3.15. The van der Waals surface area contributed by atoms with Crippen LogP contribution in [0.25, 0.3) is 0 Å². The van der Waals surface area contributed by atoms with Crippen LogP contribution in [0.3, 0.4) is 0 Å². The zero-order valence-corrected chi connectivity index (χ0v) is 10.2. The molecule has 8 heteroatoms. The van der Waals surface area contributed by atoms with E-state index in [1.165, 1.54) is 12.3 Å². The van der Waals surface area contributed by atoms with E-state index >= 15 is 0 Å². The lowest BCUT2D eigenvalue weighted by Crippen LogP contribution is -2.21. The second kappa shape index (κ2) is 5.39. The second-order valence-electron chi connectivity index (χ2n) is 2.71. The lowest BCUT2D eigenvalue weighted by molar-refractivity contribution is -0.385. The summed E-state index contributed by atoms with van der Waals surface area (Å²) in [7, 11) is 0. The second-order valence-corrected chi connectivity index (χ2v) is 3.79. The van der Waals surface area contributed by atoms with Gasteiger partial charge in [-0.1, -0.05) is 12.1 Å². The van der Waals surface area contributed by atoms with Crippen molar-refractivity contribution in [3.8, 4) is 0 Å². The van der Waals surface area contributed by atoms with Crippen LogP contribution in [0, 0.1) is 13.7 Å². The van der Waals surface area contributed by atoms with E-state index in [4.69, 9.17) is 11.5 Å². The summed E-state index contributed by atoms with van der Waals surface area (Å²) in [5, 5.41) is 17.6. The smallest absolute Gasteiger partial charge is 0.283 e. The molecule has 0 amide bonds. The Balaban J connectivity index is 3.07. The van der Waals surface area contributed by atoms with Crippen molar-refractivity contribution in [3.63, 3.8) is 0 Å². The first-order valence-electron chi connectivity index (χ1n) is 4.07. The zero-order chi connectivity index (χ0) is 12.1. The first-order valence-corrected chi connectivity index (χ1v) is 5.15. The minimum Gasteiger partial charge on any atom is -0.369 e. The Morgan fingerprint density at radius 2 is 2.19 bits per heavy atom. The molecule has 0 saturated carbocycles. The van der Waals surface area contributed by atoms with Gasteiger partial charge in [-0.3, -0.25) is 10.1 Å². The molecule has 1 rings (SSSR count). The molecule has 0 atom stereocenters. The van der Waals surface area contributed by atoms with Crippen LogP contribution < -0.4 is 11.5 Å². The van der Waals surface area contributed by atoms with Crippen LogP contribution in [0.4, 0.5) is 5.69 Å². The highest BCUT2D eigenvalue weighted by molar-refractivity contribution is 14.1. The zero-order valence-electron chi connectivity index (χ0n) is 8.00. The van der Waals surface area contributed by atoms with Crippen molar-refractivity contribution in [1.82, 2.24) is 0 Å². The number of hydrogen-bond donors (Lipinski definition) is 2. The number of rotatable bonds is 3. The predicted molar refractivity (Wildman–Crippen MR) is 69.2 cm³/mol. The molecule has 0 fully saturated rings. The Morgan fingerprint density at radius 1 is 1.50 bits per heavy atom. The van der Waals surface area contributed by atoms with Crippen molar-refractivity contribution in [1.29, 1.82) is 0 Å². The summed E-state index contributed by atoms with van der Waals surface area (Å²) in [5.74, 6) is -0.170. The summed E-state index contributed by atoms with van der Waals surface area (Å²) in [5.41, 5.74) is 10.8. The van der Waals surface area contributed by atoms with Crippen molar-refractivity contribution in [2.45, 2.75) is 0 Å². The van der Waals surface area contributed by atoms with Gasteiger partial charge in [0.1, 0.15) is 0 Å². The molecule has 0 saturated heterocycles. The lowest BCUT2D eigenvalue weighted by atomic mass is 10.2. The standard InChI is InChI=1S/C8H8IN5O2/c9-7-5(4-12-13-8(10)11)2-1-3-6(7)14(15)16/h1-4H,(H4,10,11,13). The molecule has 0 bridgehead atoms. The third-order valence-corrected chi connectivity index (χ3v) is 2.75. The molecule has 0 aliphatic rings. The molecule has 0 aliphatic carbocycles. The quantitative estimate of drug-likeness (QED) is 0.279. The Kier molecular flexibility index (Phi) is 4.17. The molecule has 4 N–H and O–H groups in total. The highest BCUT2D eigenvalue weighted by Crippen LogP contribution is 2.22. The fourth-order valence-electron chi connectivity index (χ4n) is 0.936. The molecule has 0 radical (unpaired) electrons. The molecule has 0 spiro atoms. The Labute approximate surface area is 105 Å². The number of guanidine groups is 1. The topological polar surface area (TPSA) is 120 Å². The monoisotopic (exact) mass is 333 g/mol. The third-order valence-electron chi connectivity index (χ3n) is 1.57. The molecular formula is C8H8IN5O2. The van der Waals surface area contributed by atoms with Crippen LogP contribution in [0.1, 0.15) is 5.56 Å². The van der Waals surface area contributed by atoms with Gasteiger partial charge in [0.2, 0.25) is 5.96 Å². The summed E-state index contributed by atoms with van der Waals surface area (Å²) in [6, 6.07) is 4.66. The largest absolute Gasteiger partial charge is 0.369 e. The highest BCUT2D eigenvalue weighted by Gasteiger charge is 2.13. The van der Waals surface area contributed by atoms with E-state index in [9.17, 15) is 10.1 Å². The van der Waals surface area contributed by atoms with Crippen LogP contribution in [0.2, 0.25) is 0 Å². The van der Waals surface area contributed by atoms with Gasteiger partial charge in [0.25, 0.3) is 5.69 Å². The maximum absolute atomic E-state index is 10.6. The molecular weight excluding hydrogens is 325 g/mol. The maximum atomic E-state index is 10.6. The number of nitro benzene ring substituents is 1. The number of halogens is 1. The first-order chi connectivity index (χ1) is 7.52. The van der Waals surface area contributed by atoms with E-state index in [0.717, 1.165) is 0 Å². The van der Waals surface area contributed by atoms with Crippen molar-refractivity contribution < 1.29 is 4.92 Å². The summed E-state index contributed by atoms with van der Waals surface area (Å²) in [4.78, 5) is 10.2. The first kappa shape index (κ1) is 12.4. The Morgan fingerprint density at radius 3 is 2.75 bits per heavy atom. The molecule has 1 aromatic carbocycles. The van der Waals surface area contributed by atoms with E-state index in [1.807, 2.05) is 22.6 Å². The summed E-state index contributed by atoms with van der Waals surface area (Å²) < 4.78 is 0.486. The van der Waals surface area contributed by atoms with Gasteiger partial charge in [-0.2, -0.15) is 5.10 Å². The number of nitro groups is 1. The minimum atomic E-state index is -0.459. The predicted octanol–water partition coefficient (Wildman–Crippen LogP) is 0.807. The van der Waals surface area contributed by atoms with Gasteiger partial charge >= 0.3 is 0 Å². The summed E-state index contributed by atoms with van der Waals surface area (Å²) >= 11 is 1.87. The van der Waals surface area contributed by atoms with E-state index < -0.39 is 4.92 Å². The van der Waals surface area contributed by atoms with Gasteiger partial charge in [0, 0.05) is 11.6 Å². The van der Waals surface area contributed by atoms with Crippen molar-refractivity contribution >= 4 is 40.5 Å². The average Bonchev–Trinajstić information content (AvgIpc) is 2.19. The normalized spacial score (nSPS) is 10.3. The minimum absolute atomic E-state index is 0.0225. The molecule has 7 nitrogen and oxygen atoms in total. The van der Waals surface area contributed by atoms with Gasteiger partial charge in [-0.15, -0.1) is 5.10 Å². The maximum Gasteiger partial charge on any atom is 0.283 e. The summed E-state index contributed by atoms with van der Waals surface area (Å²) in [6.45, 7) is 0. The van der Waals surface area contributed by atoms with Crippen LogP contribution >= 0.6 is 22.6 Å². The number of hydrogen-bond acceptors (Lipinski definition) is 4. The van der Waals surface area contributed by atoms with Crippen LogP contribution in [0.5, 0.6) is 0 Å². The van der Waals surface area contributed by atoms with Gasteiger partial charge in [-0.25, -0.2) is 0 Å². The molecule has 0 heterocycles. The molecule has 0 aromatic heterocycles. The molecule has 0 aliphatic heterocycles. The van der Waals surface area contributed by atoms with Gasteiger partial charge in [-0.05, 0) is 22.6 Å². The van der Waals surface area contributed by atoms with Crippen molar-refractivity contribution in [2.75, 3.05) is 0 Å². The van der Waals surface area contributed by atoms with Crippen LogP contribution in [0.15, 0.2) is 28.4 Å². The van der Waals surface area contributed by atoms with E-state index in [2.05, 4.69) is 10.2 Å². The van der Waals surface area contributed by atoms with Gasteiger partial charge in [0.05, 0.1) is 14.7 Å². The average molecular weight is 333 g/mol. The van der Waals surface area contributed by atoms with Crippen LogP contribution in [-0.2, 0) is 0 Å². The van der Waals surface area contributed by atoms with Gasteiger partial charge < -0.3 is 11.5 Å². The van der Waals surface area contributed by atoms with Crippen LogP contribution in [-0.4, -0.2) is 17.1 Å². The van der Waals surface area contributed by atoms with Gasteiger partial charge in [0.15, 0.2) is 0 Å². The summed E-state index contributed by atoms with van der Waals surface area (Å²) in [6.07, 6.45) is 1.36. The number of benzene rings is 1. The molecule has 84 valence electrons. The molecule has 0 unspecified atom stereocenters. The van der Waals surface area contributed by atoms with E-state index in [1.54, 1.807) is 12.1 Å². The van der Waals surface area contributed by atoms with E-state index in [0.29, 0.717) is 9.13 Å². The number of nitrogens with two attached hydrogens (primary N) is 2. The van der Waals surface area contributed by atoms with E-state index in [-0.39, 0.29) is 11.6 Å². The number of nitrogens with zero attached hydrogens (tertiary/aromatic N) is 3. The molecule has 16 heavy (non-hydrogen) atoms. The fraction of sp³-hybridized carbons (Fsp3) is 0. The Bertz CT molecular complexity index is 467. The molecule has 1 aromatic rings. The highest BCUT2D eigenvalue weighted by atomic mass is 127. The fourth-order valence-corrected chi connectivity index (χ4v) is 1.63. The van der Waals surface area contributed by atoms with Crippen molar-refractivity contribution in [3.05, 3.63) is 37.4 Å². The Hall–Kier alpha value is -1.71. The lowest BCUT2D eigenvalue weighted by Gasteiger charge is -1.98. The SMILES string of the molecule is NC(N)=NN=Cc1cccc([N+](=O)[O-])c1I. The van der Waals surface area contributed by atoms with Crippen molar-refractivity contribution in [2.24, 2.45) is 21.7 Å².